The summed E-state index contributed by atoms with van der Waals surface area (Å²) < 4.78 is 12.7. The monoisotopic (exact) mass is 222 g/mol. The summed E-state index contributed by atoms with van der Waals surface area (Å²) in [5.41, 5.74) is 1.17. The van der Waals surface area contributed by atoms with Crippen molar-refractivity contribution in [1.82, 2.24) is 10.2 Å². The quantitative estimate of drug-likeness (QED) is 0.838. The van der Waals surface area contributed by atoms with Gasteiger partial charge in [-0.15, -0.1) is 0 Å². The topological polar surface area (TPSA) is 15.3 Å². The molecule has 0 radical (unpaired) electrons. The van der Waals surface area contributed by atoms with Gasteiger partial charge >= 0.3 is 0 Å². The highest BCUT2D eigenvalue weighted by Gasteiger charge is 2.15. The van der Waals surface area contributed by atoms with E-state index in [0.29, 0.717) is 6.04 Å². The number of hydrogen-bond donors (Lipinski definition) is 1. The van der Waals surface area contributed by atoms with Crippen molar-refractivity contribution in [2.24, 2.45) is 0 Å². The van der Waals surface area contributed by atoms with Crippen LogP contribution in [-0.2, 0) is 6.54 Å². The van der Waals surface area contributed by atoms with Crippen LogP contribution in [0.3, 0.4) is 0 Å². The lowest BCUT2D eigenvalue weighted by Gasteiger charge is -2.21. The van der Waals surface area contributed by atoms with E-state index < -0.39 is 0 Å². The van der Waals surface area contributed by atoms with Crippen molar-refractivity contribution in [2.45, 2.75) is 25.4 Å². The van der Waals surface area contributed by atoms with Gasteiger partial charge in [-0.05, 0) is 44.1 Å². The smallest absolute Gasteiger partial charge is 0.123 e. The summed E-state index contributed by atoms with van der Waals surface area (Å²) in [7, 11) is 2.11. The zero-order valence-corrected chi connectivity index (χ0v) is 9.75. The second-order valence-corrected chi connectivity index (χ2v) is 4.62. The Bertz CT molecular complexity index is 317. The van der Waals surface area contributed by atoms with Crippen LogP contribution < -0.4 is 5.32 Å². The number of benzene rings is 1. The first kappa shape index (κ1) is 11.6. The molecule has 1 atom stereocenters. The maximum absolute atomic E-state index is 12.7. The highest BCUT2D eigenvalue weighted by Crippen LogP contribution is 2.09. The van der Waals surface area contributed by atoms with Gasteiger partial charge in [0.05, 0.1) is 0 Å². The molecular weight excluding hydrogens is 203 g/mol. The molecule has 1 fully saturated rings. The van der Waals surface area contributed by atoms with E-state index in [4.69, 9.17) is 0 Å². The van der Waals surface area contributed by atoms with E-state index in [1.165, 1.54) is 30.5 Å². The summed E-state index contributed by atoms with van der Waals surface area (Å²) in [5, 5.41) is 3.48. The van der Waals surface area contributed by atoms with Gasteiger partial charge in [-0.25, -0.2) is 4.39 Å². The largest absolute Gasteiger partial charge is 0.313 e. The van der Waals surface area contributed by atoms with Crippen LogP contribution in [0.15, 0.2) is 24.3 Å². The van der Waals surface area contributed by atoms with E-state index in [1.807, 2.05) is 12.1 Å². The SMILES string of the molecule is CN(Cc1ccc(F)cc1)C[C@@H]1CCCN1. The number of likely N-dealkylation sites (N-methyl/N-ethyl adjacent to an activating group) is 1. The Morgan fingerprint density at radius 2 is 2.12 bits per heavy atom. The molecule has 0 bridgehead atoms. The molecular formula is C13H19FN2. The third-order valence-electron chi connectivity index (χ3n) is 3.06. The lowest BCUT2D eigenvalue weighted by Crippen LogP contribution is -2.34. The number of hydrogen-bond acceptors (Lipinski definition) is 2. The van der Waals surface area contributed by atoms with Crippen LogP contribution in [0.1, 0.15) is 18.4 Å². The zero-order valence-electron chi connectivity index (χ0n) is 9.75. The summed E-state index contributed by atoms with van der Waals surface area (Å²) in [5.74, 6) is -0.163. The molecule has 0 amide bonds. The normalized spacial score (nSPS) is 20.6. The molecule has 1 aromatic rings. The maximum atomic E-state index is 12.7. The lowest BCUT2D eigenvalue weighted by molar-refractivity contribution is 0.293. The van der Waals surface area contributed by atoms with Gasteiger partial charge in [0.2, 0.25) is 0 Å². The Hall–Kier alpha value is -0.930. The van der Waals surface area contributed by atoms with Gasteiger partial charge in [0.15, 0.2) is 0 Å². The standard InChI is InChI=1S/C13H19FN2/c1-16(10-13-3-2-8-15-13)9-11-4-6-12(14)7-5-11/h4-7,13,15H,2-3,8-10H2,1H3/t13-/m0/s1. The van der Waals surface area contributed by atoms with Crippen molar-refractivity contribution in [3.05, 3.63) is 35.6 Å². The average Bonchev–Trinajstić information content (AvgIpc) is 2.74. The number of halogens is 1. The fourth-order valence-corrected chi connectivity index (χ4v) is 2.25. The van der Waals surface area contributed by atoms with Gasteiger partial charge in [0, 0.05) is 19.1 Å². The Balaban J connectivity index is 1.81. The van der Waals surface area contributed by atoms with Crippen LogP contribution in [0.5, 0.6) is 0 Å². The Kier molecular flexibility index (Phi) is 3.91. The van der Waals surface area contributed by atoms with Crippen LogP contribution in [0.2, 0.25) is 0 Å². The Morgan fingerprint density at radius 3 is 2.75 bits per heavy atom. The molecule has 1 aliphatic heterocycles. The minimum atomic E-state index is -0.163. The molecule has 1 aliphatic rings. The number of rotatable bonds is 4. The third kappa shape index (κ3) is 3.29. The van der Waals surface area contributed by atoms with E-state index in [-0.39, 0.29) is 5.82 Å². The number of nitrogens with one attached hydrogen (secondary N) is 1. The number of nitrogens with zero attached hydrogens (tertiary/aromatic N) is 1. The van der Waals surface area contributed by atoms with Crippen molar-refractivity contribution >= 4 is 0 Å². The van der Waals surface area contributed by atoms with Gasteiger partial charge in [-0.1, -0.05) is 12.1 Å². The van der Waals surface area contributed by atoms with Crippen LogP contribution in [0.25, 0.3) is 0 Å². The molecule has 2 rings (SSSR count). The first-order chi connectivity index (χ1) is 7.74. The molecule has 0 saturated carbocycles. The molecule has 1 N–H and O–H groups in total. The van der Waals surface area contributed by atoms with E-state index in [9.17, 15) is 4.39 Å². The van der Waals surface area contributed by atoms with Crippen LogP contribution in [-0.4, -0.2) is 31.1 Å². The second kappa shape index (κ2) is 5.41. The molecule has 3 heteroatoms. The molecule has 0 aliphatic carbocycles. The summed E-state index contributed by atoms with van der Waals surface area (Å²) >= 11 is 0. The summed E-state index contributed by atoms with van der Waals surface area (Å²) in [4.78, 5) is 2.29. The minimum absolute atomic E-state index is 0.163. The Morgan fingerprint density at radius 1 is 1.38 bits per heavy atom. The van der Waals surface area contributed by atoms with Crippen LogP contribution in [0, 0.1) is 5.82 Å². The molecule has 1 aromatic carbocycles. The van der Waals surface area contributed by atoms with E-state index in [1.54, 1.807) is 0 Å². The predicted octanol–water partition coefficient (Wildman–Crippen LogP) is 2.01. The zero-order chi connectivity index (χ0) is 11.4. The summed E-state index contributed by atoms with van der Waals surface area (Å²) in [6, 6.07) is 7.39. The molecule has 0 aromatic heterocycles. The van der Waals surface area contributed by atoms with E-state index in [2.05, 4.69) is 17.3 Å². The Labute approximate surface area is 96.5 Å². The first-order valence-corrected chi connectivity index (χ1v) is 5.90. The van der Waals surface area contributed by atoms with Crippen molar-refractivity contribution in [3.8, 4) is 0 Å². The minimum Gasteiger partial charge on any atom is -0.313 e. The van der Waals surface area contributed by atoms with Crippen LogP contribution >= 0.6 is 0 Å². The molecule has 0 unspecified atom stereocenters. The van der Waals surface area contributed by atoms with Crippen molar-refractivity contribution in [2.75, 3.05) is 20.1 Å². The van der Waals surface area contributed by atoms with Crippen molar-refractivity contribution in [3.63, 3.8) is 0 Å². The first-order valence-electron chi connectivity index (χ1n) is 5.90. The molecule has 1 saturated heterocycles. The fourth-order valence-electron chi connectivity index (χ4n) is 2.25. The highest BCUT2D eigenvalue weighted by molar-refractivity contribution is 5.15. The van der Waals surface area contributed by atoms with E-state index in [0.717, 1.165) is 19.6 Å². The maximum Gasteiger partial charge on any atom is 0.123 e. The molecule has 0 spiro atoms. The van der Waals surface area contributed by atoms with Gasteiger partial charge in [0.1, 0.15) is 5.82 Å². The molecule has 16 heavy (non-hydrogen) atoms. The van der Waals surface area contributed by atoms with Crippen LogP contribution in [0.4, 0.5) is 4.39 Å². The molecule has 1 heterocycles. The van der Waals surface area contributed by atoms with Crippen molar-refractivity contribution < 1.29 is 4.39 Å². The molecule has 88 valence electrons. The summed E-state index contributed by atoms with van der Waals surface area (Å²) in [6.07, 6.45) is 2.56. The summed E-state index contributed by atoms with van der Waals surface area (Å²) in [6.45, 7) is 3.10. The fraction of sp³-hybridized carbons (Fsp3) is 0.538. The van der Waals surface area contributed by atoms with Gasteiger partial charge < -0.3 is 10.2 Å². The highest BCUT2D eigenvalue weighted by atomic mass is 19.1. The van der Waals surface area contributed by atoms with Gasteiger partial charge in [0.25, 0.3) is 0 Å². The van der Waals surface area contributed by atoms with E-state index >= 15 is 0 Å². The lowest BCUT2D eigenvalue weighted by atomic mass is 10.2. The van der Waals surface area contributed by atoms with Crippen molar-refractivity contribution in [1.29, 1.82) is 0 Å². The van der Waals surface area contributed by atoms with Gasteiger partial charge in [-0.2, -0.15) is 0 Å². The predicted molar refractivity (Wildman–Crippen MR) is 63.8 cm³/mol. The molecule has 2 nitrogen and oxygen atoms in total. The average molecular weight is 222 g/mol. The second-order valence-electron chi connectivity index (χ2n) is 4.62. The van der Waals surface area contributed by atoms with Gasteiger partial charge in [-0.3, -0.25) is 0 Å². The third-order valence-corrected chi connectivity index (χ3v) is 3.06.